The molecule has 0 radical (unpaired) electrons. The van der Waals surface area contributed by atoms with Crippen LogP contribution in [0, 0.1) is 0 Å². The molecule has 36 heavy (non-hydrogen) atoms. The number of hydrogen-bond acceptors (Lipinski definition) is 7. The van der Waals surface area contributed by atoms with Crippen LogP contribution in [0.25, 0.3) is 34.1 Å². The van der Waals surface area contributed by atoms with Crippen molar-refractivity contribution in [3.05, 3.63) is 34.9 Å². The summed E-state index contributed by atoms with van der Waals surface area (Å²) in [7, 11) is -0.820. The topological polar surface area (TPSA) is 101 Å². The maximum absolute atomic E-state index is 13.7. The molecule has 0 bridgehead atoms. The Morgan fingerprint density at radius 3 is 2.19 bits per heavy atom. The van der Waals surface area contributed by atoms with E-state index in [1.54, 1.807) is 12.1 Å². The van der Waals surface area contributed by atoms with Gasteiger partial charge in [-0.2, -0.15) is 17.6 Å². The summed E-state index contributed by atoms with van der Waals surface area (Å²) < 4.78 is 92.7. The van der Waals surface area contributed by atoms with Crippen LogP contribution in [0.2, 0.25) is 0 Å². The Labute approximate surface area is 209 Å². The van der Waals surface area contributed by atoms with Gasteiger partial charge in [-0.3, -0.25) is 4.98 Å². The van der Waals surface area contributed by atoms with E-state index in [0.29, 0.717) is 10.2 Å². The van der Waals surface area contributed by atoms with E-state index >= 15 is 0 Å². The Morgan fingerprint density at radius 2 is 1.61 bits per heavy atom. The highest BCUT2D eigenvalue weighted by Crippen LogP contribution is 2.48. The number of aryl methyl sites for hydroxylation is 1. The maximum Gasteiger partial charge on any atom is 0.507 e. The molecular weight excluding hydrogens is 574 g/mol. The van der Waals surface area contributed by atoms with Crippen molar-refractivity contribution in [1.29, 1.82) is 0 Å². The lowest BCUT2D eigenvalue weighted by molar-refractivity contribution is -0.391. The van der Waals surface area contributed by atoms with Crippen LogP contribution >= 0.6 is 15.9 Å². The Kier molecular flexibility index (Phi) is 5.37. The first-order chi connectivity index (χ1) is 16.8. The minimum absolute atomic E-state index is 0.0202. The molecule has 3 aromatic heterocycles. The van der Waals surface area contributed by atoms with Crippen LogP contribution < -0.4 is 9.47 Å². The highest BCUT2D eigenvalue weighted by atomic mass is 79.9. The zero-order valence-corrected chi connectivity index (χ0v) is 21.2. The van der Waals surface area contributed by atoms with Gasteiger partial charge in [-0.15, -0.1) is 0 Å². The number of pyridine rings is 1. The Balaban J connectivity index is 1.74. The number of imidazole rings is 2. The van der Waals surface area contributed by atoms with E-state index in [9.17, 15) is 26.0 Å². The van der Waals surface area contributed by atoms with E-state index in [1.807, 2.05) is 0 Å². The van der Waals surface area contributed by atoms with Crippen LogP contribution in [0.1, 0.15) is 6.92 Å². The molecule has 4 heterocycles. The molecular formula is C21H16BrF4N5O4S. The second kappa shape index (κ2) is 7.90. The van der Waals surface area contributed by atoms with Crippen molar-refractivity contribution in [3.63, 3.8) is 0 Å². The van der Waals surface area contributed by atoms with Crippen molar-refractivity contribution in [3.8, 4) is 34.5 Å². The summed E-state index contributed by atoms with van der Waals surface area (Å²) in [5.74, 6) is -1.20. The number of sulfone groups is 1. The van der Waals surface area contributed by atoms with Gasteiger partial charge >= 0.3 is 12.2 Å². The van der Waals surface area contributed by atoms with Gasteiger partial charge in [-0.25, -0.2) is 18.4 Å². The molecule has 5 rings (SSSR count). The van der Waals surface area contributed by atoms with Gasteiger partial charge in [0.05, 0.1) is 16.8 Å². The summed E-state index contributed by atoms with van der Waals surface area (Å²) in [5.41, 5.74) is 0.639. The minimum atomic E-state index is -4.89. The first-order valence-electron chi connectivity index (χ1n) is 10.3. The average Bonchev–Trinajstić information content (AvgIpc) is 3.30. The minimum Gasteiger partial charge on any atom is -0.421 e. The fourth-order valence-electron chi connectivity index (χ4n) is 3.83. The second-order valence-corrected chi connectivity index (χ2v) is 11.0. The molecule has 15 heteroatoms. The average molecular weight is 590 g/mol. The van der Waals surface area contributed by atoms with E-state index in [-0.39, 0.29) is 39.2 Å². The first-order valence-corrected chi connectivity index (χ1v) is 12.8. The second-order valence-electron chi connectivity index (χ2n) is 7.93. The predicted octanol–water partition coefficient (Wildman–Crippen LogP) is 4.55. The fraction of sp³-hybridized carbons (Fsp3) is 0.286. The number of ether oxygens (including phenoxy) is 2. The van der Waals surface area contributed by atoms with E-state index in [0.717, 1.165) is 12.1 Å². The normalized spacial score (nSPS) is 16.4. The zero-order valence-electron chi connectivity index (χ0n) is 18.8. The molecule has 1 aliphatic rings. The summed E-state index contributed by atoms with van der Waals surface area (Å²) >= 11 is 3.29. The molecule has 0 N–H and O–H groups in total. The third-order valence-corrected chi connectivity index (χ3v) is 7.93. The summed E-state index contributed by atoms with van der Waals surface area (Å²) in [6.07, 6.45) is -8.24. The lowest BCUT2D eigenvalue weighted by atomic mass is 10.2. The largest absolute Gasteiger partial charge is 0.507 e. The van der Waals surface area contributed by atoms with Crippen molar-refractivity contribution < 1.29 is 35.5 Å². The molecule has 0 atom stereocenters. The van der Waals surface area contributed by atoms with Crippen LogP contribution in [0.5, 0.6) is 11.5 Å². The molecule has 0 unspecified atom stereocenters. The number of halogens is 5. The summed E-state index contributed by atoms with van der Waals surface area (Å²) in [6, 6.07) is 5.45. The summed E-state index contributed by atoms with van der Waals surface area (Å²) in [5, 5.41) is -0.140. The molecule has 9 nitrogen and oxygen atoms in total. The predicted molar refractivity (Wildman–Crippen MR) is 123 cm³/mol. The van der Waals surface area contributed by atoms with Crippen LogP contribution in [0.15, 0.2) is 40.0 Å². The molecule has 0 spiro atoms. The highest BCUT2D eigenvalue weighted by molar-refractivity contribution is 9.10. The van der Waals surface area contributed by atoms with Crippen molar-refractivity contribution in [2.24, 2.45) is 14.1 Å². The SMILES string of the molecule is CCS(=O)(=O)c1c(-c2nc3cc4c(cc3n2C)OC(F)(F)C(F)(F)O4)nc(-c2ccc(Br)cn2)n1C. The molecule has 0 saturated heterocycles. The number of aromatic nitrogens is 5. The Morgan fingerprint density at radius 1 is 0.972 bits per heavy atom. The lowest BCUT2D eigenvalue weighted by Gasteiger charge is -2.31. The van der Waals surface area contributed by atoms with Gasteiger partial charge in [-0.05, 0) is 28.1 Å². The third kappa shape index (κ3) is 3.63. The lowest BCUT2D eigenvalue weighted by Crippen LogP contribution is -2.52. The zero-order chi connectivity index (χ0) is 26.2. The van der Waals surface area contributed by atoms with Crippen LogP contribution in [-0.4, -0.2) is 50.5 Å². The number of rotatable bonds is 4. The van der Waals surface area contributed by atoms with Gasteiger partial charge in [-0.1, -0.05) is 6.92 Å². The first kappa shape index (κ1) is 24.5. The maximum atomic E-state index is 13.7. The van der Waals surface area contributed by atoms with Crippen LogP contribution in [0.3, 0.4) is 0 Å². The Bertz CT molecular complexity index is 1630. The smallest absolute Gasteiger partial charge is 0.421 e. The standard InChI is InChI=1S/C21H16BrF4N5O4S/c1-4-36(32,33)19-16(29-17(31(19)3)11-6-5-10(22)9-27-11)18-28-12-7-14-15(8-13(12)30(18)2)35-21(25,26)20(23,24)34-14/h5-9H,4H2,1-3H3. The fourth-order valence-corrected chi connectivity index (χ4v) is 5.27. The van der Waals surface area contributed by atoms with E-state index < -0.39 is 33.6 Å². The summed E-state index contributed by atoms with van der Waals surface area (Å²) in [4.78, 5) is 13.2. The number of benzene rings is 1. The van der Waals surface area contributed by atoms with Gasteiger partial charge in [0.1, 0.15) is 11.4 Å². The quantitative estimate of drug-likeness (QED) is 0.322. The highest BCUT2D eigenvalue weighted by Gasteiger charge is 2.66. The molecule has 1 aromatic carbocycles. The van der Waals surface area contributed by atoms with Gasteiger partial charge in [0.25, 0.3) is 0 Å². The number of alkyl halides is 4. The molecule has 0 aliphatic carbocycles. The monoisotopic (exact) mass is 589 g/mol. The van der Waals surface area contributed by atoms with Gasteiger partial charge in [0, 0.05) is 36.9 Å². The number of hydrogen-bond donors (Lipinski definition) is 0. The molecule has 4 aromatic rings. The molecule has 190 valence electrons. The number of fused-ring (bicyclic) bond motifs is 2. The number of nitrogens with zero attached hydrogens (tertiary/aromatic N) is 5. The van der Waals surface area contributed by atoms with Gasteiger partial charge in [0.2, 0.25) is 0 Å². The molecule has 0 saturated carbocycles. The van der Waals surface area contributed by atoms with E-state index in [4.69, 9.17) is 0 Å². The molecule has 0 fully saturated rings. The van der Waals surface area contributed by atoms with E-state index in [2.05, 4.69) is 40.4 Å². The van der Waals surface area contributed by atoms with E-state index in [1.165, 1.54) is 36.4 Å². The van der Waals surface area contributed by atoms with Crippen LogP contribution in [-0.2, 0) is 23.9 Å². The van der Waals surface area contributed by atoms with Gasteiger partial charge in [0.15, 0.2) is 38.0 Å². The van der Waals surface area contributed by atoms with Crippen molar-refractivity contribution in [2.75, 3.05) is 5.75 Å². The molecule has 0 amide bonds. The third-order valence-electron chi connectivity index (χ3n) is 5.65. The molecule has 1 aliphatic heterocycles. The van der Waals surface area contributed by atoms with Crippen molar-refractivity contribution in [2.45, 2.75) is 24.2 Å². The van der Waals surface area contributed by atoms with Crippen molar-refractivity contribution >= 4 is 36.8 Å². The Hall–Kier alpha value is -3.20. The van der Waals surface area contributed by atoms with Gasteiger partial charge < -0.3 is 18.6 Å². The van der Waals surface area contributed by atoms with Crippen molar-refractivity contribution in [1.82, 2.24) is 24.1 Å². The van der Waals surface area contributed by atoms with Crippen LogP contribution in [0.4, 0.5) is 17.6 Å². The summed E-state index contributed by atoms with van der Waals surface area (Å²) in [6.45, 7) is 1.47.